The van der Waals surface area contributed by atoms with E-state index in [4.69, 9.17) is 0 Å². The summed E-state index contributed by atoms with van der Waals surface area (Å²) < 4.78 is 0. The molecule has 0 unspecified atom stereocenters. The largest absolute Gasteiger partial charge is 0.264 e. The highest BCUT2D eigenvalue weighted by Gasteiger charge is 2.05. The van der Waals surface area contributed by atoms with Gasteiger partial charge in [0.15, 0.2) is 0 Å². The topological polar surface area (TPSA) is 12.9 Å². The zero-order chi connectivity index (χ0) is 7.52. The van der Waals surface area contributed by atoms with E-state index < -0.39 is 0 Å². The zero-order valence-corrected chi connectivity index (χ0v) is 6.71. The molecular weight excluding hydrogens is 134 g/mol. The van der Waals surface area contributed by atoms with Crippen molar-refractivity contribution in [2.75, 3.05) is 0 Å². The van der Waals surface area contributed by atoms with E-state index in [9.17, 15) is 0 Å². The second-order valence-electron chi connectivity index (χ2n) is 3.21. The molecule has 58 valence electrons. The summed E-state index contributed by atoms with van der Waals surface area (Å²) in [7, 11) is 0. The van der Waals surface area contributed by atoms with Crippen LogP contribution in [-0.4, -0.2) is 4.98 Å². The lowest BCUT2D eigenvalue weighted by Gasteiger charge is -2.01. The molecule has 0 N–H and O–H groups in total. The van der Waals surface area contributed by atoms with Gasteiger partial charge in [0.1, 0.15) is 0 Å². The number of pyridine rings is 1. The number of fused-ring (bicyclic) bond motifs is 1. The minimum Gasteiger partial charge on any atom is -0.264 e. The summed E-state index contributed by atoms with van der Waals surface area (Å²) in [4.78, 5) is 4.14. The van der Waals surface area contributed by atoms with Gasteiger partial charge in [0.2, 0.25) is 0 Å². The molecule has 1 aromatic rings. The molecule has 2 rings (SSSR count). The Kier molecular flexibility index (Phi) is 1.89. The van der Waals surface area contributed by atoms with Crippen LogP contribution in [0.4, 0.5) is 0 Å². The molecule has 1 aromatic heterocycles. The number of nitrogens with zero attached hydrogens (tertiary/aromatic N) is 1. The Bertz CT molecular complexity index is 217. The van der Waals surface area contributed by atoms with E-state index in [1.165, 1.54) is 43.2 Å². The van der Waals surface area contributed by atoms with Crippen LogP contribution in [0.2, 0.25) is 0 Å². The van der Waals surface area contributed by atoms with Crippen molar-refractivity contribution in [2.24, 2.45) is 0 Å². The molecule has 0 aliphatic heterocycles. The number of hydrogen-bond donors (Lipinski definition) is 0. The molecule has 1 aliphatic rings. The fraction of sp³-hybridized carbons (Fsp3) is 0.500. The number of aryl methyl sites for hydroxylation is 2. The Morgan fingerprint density at radius 1 is 1.00 bits per heavy atom. The van der Waals surface area contributed by atoms with Gasteiger partial charge < -0.3 is 0 Å². The first-order valence-corrected chi connectivity index (χ1v) is 4.38. The van der Waals surface area contributed by atoms with Gasteiger partial charge in [0, 0.05) is 12.4 Å². The molecule has 0 amide bonds. The first-order valence-electron chi connectivity index (χ1n) is 4.38. The van der Waals surface area contributed by atoms with E-state index in [1.807, 2.05) is 12.4 Å². The molecule has 1 aliphatic carbocycles. The van der Waals surface area contributed by atoms with E-state index in [1.54, 1.807) is 0 Å². The highest BCUT2D eigenvalue weighted by atomic mass is 14.6. The highest BCUT2D eigenvalue weighted by Crippen LogP contribution is 2.18. The minimum atomic E-state index is 1.24. The normalized spacial score (nSPS) is 17.1. The Balaban J connectivity index is 2.33. The first kappa shape index (κ1) is 6.84. The third-order valence-electron chi connectivity index (χ3n) is 2.40. The van der Waals surface area contributed by atoms with Gasteiger partial charge in [-0.15, -0.1) is 0 Å². The summed E-state index contributed by atoms with van der Waals surface area (Å²) in [6.07, 6.45) is 10.5. The molecule has 0 atom stereocenters. The summed E-state index contributed by atoms with van der Waals surface area (Å²) in [5.41, 5.74) is 3.00. The smallest absolute Gasteiger partial charge is 0.0302 e. The fourth-order valence-electron chi connectivity index (χ4n) is 1.73. The fourth-order valence-corrected chi connectivity index (χ4v) is 1.73. The average Bonchev–Trinajstić information content (AvgIpc) is 2.28. The Labute approximate surface area is 67.5 Å². The van der Waals surface area contributed by atoms with Crippen molar-refractivity contribution < 1.29 is 0 Å². The summed E-state index contributed by atoms with van der Waals surface area (Å²) in [6.45, 7) is 0. The predicted molar refractivity (Wildman–Crippen MR) is 45.5 cm³/mol. The van der Waals surface area contributed by atoms with Gasteiger partial charge in [-0.3, -0.25) is 4.98 Å². The standard InChI is InChI=1S/C10H13N/c1-2-4-9-6-7-11-8-10(9)5-3-1/h6-8H,1-5H2. The van der Waals surface area contributed by atoms with Crippen LogP contribution in [0.1, 0.15) is 30.4 Å². The summed E-state index contributed by atoms with van der Waals surface area (Å²) in [5, 5.41) is 0. The van der Waals surface area contributed by atoms with E-state index in [-0.39, 0.29) is 0 Å². The first-order chi connectivity index (χ1) is 5.47. The van der Waals surface area contributed by atoms with Gasteiger partial charge in [-0.05, 0) is 42.9 Å². The predicted octanol–water partition coefficient (Wildman–Crippen LogP) is 2.35. The third kappa shape index (κ3) is 1.42. The van der Waals surface area contributed by atoms with Crippen molar-refractivity contribution >= 4 is 0 Å². The van der Waals surface area contributed by atoms with Crippen LogP contribution in [0, 0.1) is 0 Å². The summed E-state index contributed by atoms with van der Waals surface area (Å²) in [5.74, 6) is 0. The van der Waals surface area contributed by atoms with Gasteiger partial charge in [-0.2, -0.15) is 0 Å². The van der Waals surface area contributed by atoms with E-state index in [0.29, 0.717) is 0 Å². The molecule has 1 heteroatoms. The monoisotopic (exact) mass is 147 g/mol. The lowest BCUT2D eigenvalue weighted by atomic mass is 10.1. The molecular formula is C10H13N. The van der Waals surface area contributed by atoms with Crippen LogP contribution < -0.4 is 0 Å². The third-order valence-corrected chi connectivity index (χ3v) is 2.40. The minimum absolute atomic E-state index is 1.24. The van der Waals surface area contributed by atoms with Crippen molar-refractivity contribution in [1.82, 2.24) is 4.98 Å². The van der Waals surface area contributed by atoms with Crippen LogP contribution in [0.3, 0.4) is 0 Å². The van der Waals surface area contributed by atoms with Gasteiger partial charge in [-0.25, -0.2) is 0 Å². The van der Waals surface area contributed by atoms with Gasteiger partial charge in [0.05, 0.1) is 0 Å². The Morgan fingerprint density at radius 2 is 1.82 bits per heavy atom. The maximum atomic E-state index is 4.14. The maximum absolute atomic E-state index is 4.14. The van der Waals surface area contributed by atoms with Crippen molar-refractivity contribution in [3.8, 4) is 0 Å². The van der Waals surface area contributed by atoms with Crippen molar-refractivity contribution in [3.05, 3.63) is 29.6 Å². The summed E-state index contributed by atoms with van der Waals surface area (Å²) >= 11 is 0. The number of aromatic nitrogens is 1. The Hall–Kier alpha value is -0.850. The van der Waals surface area contributed by atoms with Crippen LogP contribution in [0.5, 0.6) is 0 Å². The Morgan fingerprint density at radius 3 is 2.73 bits per heavy atom. The van der Waals surface area contributed by atoms with E-state index in [0.717, 1.165) is 0 Å². The highest BCUT2D eigenvalue weighted by molar-refractivity contribution is 5.24. The molecule has 0 fully saturated rings. The molecule has 11 heavy (non-hydrogen) atoms. The van der Waals surface area contributed by atoms with E-state index >= 15 is 0 Å². The van der Waals surface area contributed by atoms with Crippen molar-refractivity contribution in [3.63, 3.8) is 0 Å². The molecule has 0 saturated heterocycles. The molecule has 0 bridgehead atoms. The van der Waals surface area contributed by atoms with Gasteiger partial charge in [-0.1, -0.05) is 6.42 Å². The van der Waals surface area contributed by atoms with E-state index in [2.05, 4.69) is 11.1 Å². The maximum Gasteiger partial charge on any atom is 0.0302 e. The molecule has 1 heterocycles. The lowest BCUT2D eigenvalue weighted by molar-refractivity contribution is 0.711. The van der Waals surface area contributed by atoms with Gasteiger partial charge in [0.25, 0.3) is 0 Å². The SMILES string of the molecule is c1cc2c(cn1)CCCCC2. The molecule has 0 aromatic carbocycles. The van der Waals surface area contributed by atoms with Crippen molar-refractivity contribution in [2.45, 2.75) is 32.1 Å². The quantitative estimate of drug-likeness (QED) is 0.513. The van der Waals surface area contributed by atoms with Crippen LogP contribution in [0.15, 0.2) is 18.5 Å². The second-order valence-corrected chi connectivity index (χ2v) is 3.21. The molecule has 0 radical (unpaired) electrons. The molecule has 0 spiro atoms. The van der Waals surface area contributed by atoms with Gasteiger partial charge >= 0.3 is 0 Å². The molecule has 1 nitrogen and oxygen atoms in total. The van der Waals surface area contributed by atoms with Crippen LogP contribution in [-0.2, 0) is 12.8 Å². The number of hydrogen-bond acceptors (Lipinski definition) is 1. The zero-order valence-electron chi connectivity index (χ0n) is 6.71. The van der Waals surface area contributed by atoms with Crippen molar-refractivity contribution in [1.29, 1.82) is 0 Å². The average molecular weight is 147 g/mol. The lowest BCUT2D eigenvalue weighted by Crippen LogP contribution is -1.90. The summed E-state index contributed by atoms with van der Waals surface area (Å²) in [6, 6.07) is 2.17. The molecule has 0 saturated carbocycles. The number of rotatable bonds is 0. The van der Waals surface area contributed by atoms with Crippen LogP contribution >= 0.6 is 0 Å². The second kappa shape index (κ2) is 3.04. The van der Waals surface area contributed by atoms with Crippen LogP contribution in [0.25, 0.3) is 0 Å².